The van der Waals surface area contributed by atoms with E-state index in [1.54, 1.807) is 18.2 Å². The Bertz CT molecular complexity index is 284. The molecule has 0 spiro atoms. The average molecular weight is 165 g/mol. The van der Waals surface area contributed by atoms with Crippen molar-refractivity contribution in [1.29, 1.82) is 0 Å². The van der Waals surface area contributed by atoms with E-state index >= 15 is 0 Å². The van der Waals surface area contributed by atoms with Crippen molar-refractivity contribution in [3.05, 3.63) is 23.8 Å². The van der Waals surface area contributed by atoms with Crippen LogP contribution in [0.15, 0.2) is 18.2 Å². The second-order valence-corrected chi connectivity index (χ2v) is 2.35. The molecule has 0 unspecified atom stereocenters. The molecule has 0 bridgehead atoms. The Morgan fingerprint density at radius 2 is 2.33 bits per heavy atom. The molecule has 3 heteroatoms. The molecule has 2 N–H and O–H groups in total. The highest BCUT2D eigenvalue weighted by atomic mass is 16.5. The maximum Gasteiger partial charge on any atom is 0.150 e. The van der Waals surface area contributed by atoms with E-state index in [-0.39, 0.29) is 0 Å². The zero-order valence-electron chi connectivity index (χ0n) is 6.91. The van der Waals surface area contributed by atoms with Gasteiger partial charge in [0.05, 0.1) is 12.3 Å². The Morgan fingerprint density at radius 3 is 2.83 bits per heavy atom. The molecule has 1 rings (SSSR count). The van der Waals surface area contributed by atoms with Gasteiger partial charge in [-0.3, -0.25) is 4.79 Å². The lowest BCUT2D eigenvalue weighted by molar-refractivity contribution is 0.112. The summed E-state index contributed by atoms with van der Waals surface area (Å²) in [6.45, 7) is 2.46. The number of carbonyl (C=O) groups is 1. The van der Waals surface area contributed by atoms with Gasteiger partial charge < -0.3 is 10.5 Å². The molecule has 0 saturated heterocycles. The molecular formula is C9H11NO2. The Hall–Kier alpha value is -1.51. The van der Waals surface area contributed by atoms with Crippen LogP contribution in [0.1, 0.15) is 17.3 Å². The van der Waals surface area contributed by atoms with Gasteiger partial charge in [0.1, 0.15) is 12.0 Å². The van der Waals surface area contributed by atoms with Crippen molar-refractivity contribution in [3.63, 3.8) is 0 Å². The fraction of sp³-hybridized carbons (Fsp3) is 0.222. The quantitative estimate of drug-likeness (QED) is 0.545. The third kappa shape index (κ3) is 1.75. The normalized spacial score (nSPS) is 9.42. The standard InChI is InChI=1S/C9H11NO2/c1-2-12-9-4-3-7(6-11)5-8(9)10/h3-6H,2,10H2,1H3. The molecule has 0 heterocycles. The van der Waals surface area contributed by atoms with Crippen molar-refractivity contribution in [2.24, 2.45) is 0 Å². The van der Waals surface area contributed by atoms with E-state index in [2.05, 4.69) is 0 Å². The molecule has 1 aromatic rings. The van der Waals surface area contributed by atoms with Crippen LogP contribution in [0.25, 0.3) is 0 Å². The first-order valence-corrected chi connectivity index (χ1v) is 3.75. The summed E-state index contributed by atoms with van der Waals surface area (Å²) in [6, 6.07) is 4.97. The summed E-state index contributed by atoms with van der Waals surface area (Å²) >= 11 is 0. The van der Waals surface area contributed by atoms with Gasteiger partial charge in [-0.15, -0.1) is 0 Å². The minimum absolute atomic E-state index is 0.501. The summed E-state index contributed by atoms with van der Waals surface area (Å²) in [6.07, 6.45) is 0.756. The Balaban J connectivity index is 2.94. The number of nitrogens with two attached hydrogens (primary N) is 1. The zero-order chi connectivity index (χ0) is 8.97. The maximum atomic E-state index is 10.3. The number of rotatable bonds is 3. The van der Waals surface area contributed by atoms with Crippen molar-refractivity contribution < 1.29 is 9.53 Å². The van der Waals surface area contributed by atoms with Crippen LogP contribution in [0, 0.1) is 0 Å². The molecule has 0 aliphatic heterocycles. The van der Waals surface area contributed by atoms with Crippen LogP contribution in [0.4, 0.5) is 5.69 Å². The fourth-order valence-electron chi connectivity index (χ4n) is 0.927. The highest BCUT2D eigenvalue weighted by Gasteiger charge is 1.99. The minimum Gasteiger partial charge on any atom is -0.492 e. The van der Waals surface area contributed by atoms with Gasteiger partial charge in [-0.05, 0) is 25.1 Å². The molecule has 3 nitrogen and oxygen atoms in total. The van der Waals surface area contributed by atoms with Crippen LogP contribution in [0.5, 0.6) is 5.75 Å². The molecule has 0 aromatic heterocycles. The van der Waals surface area contributed by atoms with Gasteiger partial charge >= 0.3 is 0 Å². The molecule has 12 heavy (non-hydrogen) atoms. The second kappa shape index (κ2) is 3.76. The summed E-state index contributed by atoms with van der Waals surface area (Å²) in [5.41, 5.74) is 6.67. The van der Waals surface area contributed by atoms with Crippen molar-refractivity contribution in [1.82, 2.24) is 0 Å². The SMILES string of the molecule is CCOc1ccc(C=O)cc1N. The number of hydrogen-bond donors (Lipinski definition) is 1. The van der Waals surface area contributed by atoms with E-state index in [0.717, 1.165) is 6.29 Å². The topological polar surface area (TPSA) is 52.3 Å². The molecule has 0 aliphatic rings. The first kappa shape index (κ1) is 8.59. The first-order chi connectivity index (χ1) is 5.77. The highest BCUT2D eigenvalue weighted by molar-refractivity contribution is 5.78. The fourth-order valence-corrected chi connectivity index (χ4v) is 0.927. The Morgan fingerprint density at radius 1 is 1.58 bits per heavy atom. The molecule has 0 atom stereocenters. The Kier molecular flexibility index (Phi) is 2.69. The van der Waals surface area contributed by atoms with Gasteiger partial charge in [0.15, 0.2) is 0 Å². The number of anilines is 1. The molecule has 0 radical (unpaired) electrons. The third-order valence-electron chi connectivity index (χ3n) is 1.47. The van der Waals surface area contributed by atoms with Gasteiger partial charge in [-0.1, -0.05) is 0 Å². The predicted octanol–water partition coefficient (Wildman–Crippen LogP) is 1.48. The lowest BCUT2D eigenvalue weighted by Crippen LogP contribution is -1.97. The van der Waals surface area contributed by atoms with E-state index in [4.69, 9.17) is 10.5 Å². The third-order valence-corrected chi connectivity index (χ3v) is 1.47. The summed E-state index contributed by atoms with van der Waals surface area (Å²) in [5, 5.41) is 0. The molecule has 0 fully saturated rings. The number of nitrogen functional groups attached to an aromatic ring is 1. The largest absolute Gasteiger partial charge is 0.492 e. The van der Waals surface area contributed by atoms with Gasteiger partial charge in [0.25, 0.3) is 0 Å². The Labute approximate surface area is 71.1 Å². The van der Waals surface area contributed by atoms with Crippen LogP contribution >= 0.6 is 0 Å². The molecule has 0 saturated carbocycles. The van der Waals surface area contributed by atoms with E-state index in [9.17, 15) is 4.79 Å². The first-order valence-electron chi connectivity index (χ1n) is 3.75. The van der Waals surface area contributed by atoms with E-state index in [0.29, 0.717) is 23.6 Å². The summed E-state index contributed by atoms with van der Waals surface area (Å²) in [5.74, 6) is 0.628. The van der Waals surface area contributed by atoms with Crippen molar-refractivity contribution in [2.75, 3.05) is 12.3 Å². The predicted molar refractivity (Wildman–Crippen MR) is 47.4 cm³/mol. The number of aldehydes is 1. The van der Waals surface area contributed by atoms with Gasteiger partial charge in [-0.25, -0.2) is 0 Å². The second-order valence-electron chi connectivity index (χ2n) is 2.35. The molecule has 0 amide bonds. The highest BCUT2D eigenvalue weighted by Crippen LogP contribution is 2.21. The lowest BCUT2D eigenvalue weighted by atomic mass is 10.2. The van der Waals surface area contributed by atoms with Crippen molar-refractivity contribution in [3.8, 4) is 5.75 Å². The van der Waals surface area contributed by atoms with E-state index in [1.807, 2.05) is 6.92 Å². The lowest BCUT2D eigenvalue weighted by Gasteiger charge is -2.05. The smallest absolute Gasteiger partial charge is 0.150 e. The van der Waals surface area contributed by atoms with Crippen LogP contribution in [0.2, 0.25) is 0 Å². The average Bonchev–Trinajstić information content (AvgIpc) is 2.09. The van der Waals surface area contributed by atoms with Crippen LogP contribution < -0.4 is 10.5 Å². The number of ether oxygens (including phenoxy) is 1. The molecule has 1 aromatic carbocycles. The monoisotopic (exact) mass is 165 g/mol. The van der Waals surface area contributed by atoms with E-state index < -0.39 is 0 Å². The number of benzene rings is 1. The summed E-state index contributed by atoms with van der Waals surface area (Å²) in [4.78, 5) is 10.3. The summed E-state index contributed by atoms with van der Waals surface area (Å²) in [7, 11) is 0. The summed E-state index contributed by atoms with van der Waals surface area (Å²) < 4.78 is 5.20. The van der Waals surface area contributed by atoms with Crippen molar-refractivity contribution in [2.45, 2.75) is 6.92 Å². The van der Waals surface area contributed by atoms with Gasteiger partial charge in [0, 0.05) is 5.56 Å². The number of carbonyl (C=O) groups excluding carboxylic acids is 1. The molecule has 64 valence electrons. The van der Waals surface area contributed by atoms with Crippen LogP contribution in [0.3, 0.4) is 0 Å². The number of hydrogen-bond acceptors (Lipinski definition) is 3. The van der Waals surface area contributed by atoms with Gasteiger partial charge in [0.2, 0.25) is 0 Å². The van der Waals surface area contributed by atoms with Crippen LogP contribution in [-0.2, 0) is 0 Å². The van der Waals surface area contributed by atoms with Crippen molar-refractivity contribution >= 4 is 12.0 Å². The van der Waals surface area contributed by atoms with Crippen LogP contribution in [-0.4, -0.2) is 12.9 Å². The maximum absolute atomic E-state index is 10.3. The molecule has 0 aliphatic carbocycles. The van der Waals surface area contributed by atoms with E-state index in [1.165, 1.54) is 0 Å². The molecular weight excluding hydrogens is 154 g/mol. The van der Waals surface area contributed by atoms with Gasteiger partial charge in [-0.2, -0.15) is 0 Å². The minimum atomic E-state index is 0.501. The zero-order valence-corrected chi connectivity index (χ0v) is 6.91.